The maximum Gasteiger partial charge on any atom is 0.154 e. The van der Waals surface area contributed by atoms with Gasteiger partial charge >= 0.3 is 0 Å². The fraction of sp³-hybridized carbons (Fsp3) is 1.00. The Morgan fingerprint density at radius 2 is 1.80 bits per heavy atom. The first kappa shape index (κ1) is 13.1. The standard InChI is InChI=1S/C8H15NO5.ClH/c9-4-1-8(4)7(13)6(12)5(11)3(2-10)14-8;/h3-7,10-13H,1-2,9H2;1H/t3-,4+,5-,6+,7+,8-;/m1./s1. The van der Waals surface area contributed by atoms with E-state index in [9.17, 15) is 15.3 Å². The topological polar surface area (TPSA) is 118 Å². The second kappa shape index (κ2) is 4.14. The Labute approximate surface area is 93.1 Å². The van der Waals surface area contributed by atoms with Gasteiger partial charge in [0, 0.05) is 6.42 Å². The van der Waals surface area contributed by atoms with Crippen molar-refractivity contribution in [1.82, 2.24) is 0 Å². The number of hydrogen-bond acceptors (Lipinski definition) is 5. The molecule has 2 fully saturated rings. The molecule has 90 valence electrons. The Bertz CT molecular complexity index is 241. The zero-order valence-electron chi connectivity index (χ0n) is 8.08. The van der Waals surface area contributed by atoms with Gasteiger partial charge in [-0.25, -0.2) is 0 Å². The summed E-state index contributed by atoms with van der Waals surface area (Å²) in [4.78, 5) is 0. The Morgan fingerprint density at radius 1 is 1.27 bits per heavy atom. The molecule has 0 aromatic rings. The number of aliphatic hydroxyl groups excluding tert-OH is 4. The molecule has 0 aromatic heterocycles. The van der Waals surface area contributed by atoms with E-state index in [0.717, 1.165) is 0 Å². The fourth-order valence-corrected chi connectivity index (χ4v) is 2.10. The van der Waals surface area contributed by atoms with Gasteiger partial charge in [-0.1, -0.05) is 0 Å². The van der Waals surface area contributed by atoms with Gasteiger partial charge in [0.05, 0.1) is 6.61 Å². The average Bonchev–Trinajstić information content (AvgIpc) is 2.81. The lowest BCUT2D eigenvalue weighted by Gasteiger charge is -2.40. The summed E-state index contributed by atoms with van der Waals surface area (Å²) >= 11 is 0. The van der Waals surface area contributed by atoms with Crippen LogP contribution in [0.15, 0.2) is 0 Å². The van der Waals surface area contributed by atoms with Crippen molar-refractivity contribution >= 4 is 0 Å². The highest BCUT2D eigenvalue weighted by Crippen LogP contribution is 2.46. The van der Waals surface area contributed by atoms with Crippen LogP contribution in [0.25, 0.3) is 0 Å². The predicted molar refractivity (Wildman–Crippen MR) is 44.0 cm³/mol. The van der Waals surface area contributed by atoms with E-state index in [4.69, 9.17) is 9.84 Å². The number of hydrogen-bond donors (Lipinski definition) is 5. The Morgan fingerprint density at radius 3 is 2.20 bits per heavy atom. The molecular formula is C8H16ClNO5. The average molecular weight is 242 g/mol. The molecular weight excluding hydrogens is 226 g/mol. The predicted octanol–water partition coefficient (Wildman–Crippen LogP) is -6.78. The van der Waals surface area contributed by atoms with Crippen molar-refractivity contribution in [3.05, 3.63) is 0 Å². The van der Waals surface area contributed by atoms with E-state index in [-0.39, 0.29) is 25.1 Å². The highest BCUT2D eigenvalue weighted by molar-refractivity contribution is 5.16. The van der Waals surface area contributed by atoms with Crippen molar-refractivity contribution in [2.75, 3.05) is 6.61 Å². The molecule has 1 saturated heterocycles. The monoisotopic (exact) mass is 241 g/mol. The molecule has 7 heteroatoms. The minimum absolute atomic E-state index is 0. The van der Waals surface area contributed by atoms with Crippen molar-refractivity contribution in [2.24, 2.45) is 0 Å². The number of quaternary nitrogens is 1. The molecule has 7 N–H and O–H groups in total. The van der Waals surface area contributed by atoms with Crippen LogP contribution in [0.5, 0.6) is 0 Å². The van der Waals surface area contributed by atoms with Gasteiger partial charge in [0.1, 0.15) is 30.5 Å². The maximum atomic E-state index is 9.67. The van der Waals surface area contributed by atoms with Gasteiger partial charge in [-0.3, -0.25) is 0 Å². The minimum atomic E-state index is -1.27. The van der Waals surface area contributed by atoms with Crippen molar-refractivity contribution in [1.29, 1.82) is 0 Å². The fourth-order valence-electron chi connectivity index (χ4n) is 2.10. The first-order valence-electron chi connectivity index (χ1n) is 4.69. The van der Waals surface area contributed by atoms with Crippen molar-refractivity contribution in [3.8, 4) is 0 Å². The molecule has 1 aliphatic carbocycles. The van der Waals surface area contributed by atoms with Crippen molar-refractivity contribution in [2.45, 2.75) is 42.5 Å². The molecule has 1 heterocycles. The molecule has 6 nitrogen and oxygen atoms in total. The summed E-state index contributed by atoms with van der Waals surface area (Å²) in [6.07, 6.45) is -3.92. The molecule has 15 heavy (non-hydrogen) atoms. The van der Waals surface area contributed by atoms with E-state index in [2.05, 4.69) is 5.73 Å². The summed E-state index contributed by atoms with van der Waals surface area (Å²) < 4.78 is 5.37. The van der Waals surface area contributed by atoms with Crippen molar-refractivity contribution in [3.63, 3.8) is 0 Å². The molecule has 2 rings (SSSR count). The molecule has 6 atom stereocenters. The van der Waals surface area contributed by atoms with Gasteiger partial charge in [-0.15, -0.1) is 0 Å². The Balaban J connectivity index is 0.00000112. The molecule has 0 bridgehead atoms. The molecule has 0 radical (unpaired) electrons. The molecule has 1 aliphatic heterocycles. The lowest BCUT2D eigenvalue weighted by Crippen LogP contribution is -3.00. The third kappa shape index (κ3) is 1.76. The van der Waals surface area contributed by atoms with Crippen LogP contribution in [0.3, 0.4) is 0 Å². The summed E-state index contributed by atoms with van der Waals surface area (Å²) in [5.74, 6) is 0. The van der Waals surface area contributed by atoms with Crippen LogP contribution in [0.4, 0.5) is 0 Å². The number of rotatable bonds is 1. The van der Waals surface area contributed by atoms with Crippen LogP contribution in [0.2, 0.25) is 0 Å². The van der Waals surface area contributed by atoms with Gasteiger partial charge in [-0.05, 0) is 0 Å². The number of ether oxygens (including phenoxy) is 1. The van der Waals surface area contributed by atoms with Gasteiger partial charge in [-0.2, -0.15) is 0 Å². The van der Waals surface area contributed by atoms with Crippen LogP contribution >= 0.6 is 0 Å². The molecule has 0 amide bonds. The van der Waals surface area contributed by atoms with E-state index in [1.165, 1.54) is 0 Å². The molecule has 2 aliphatic rings. The third-order valence-electron chi connectivity index (χ3n) is 3.20. The van der Waals surface area contributed by atoms with Crippen LogP contribution in [0.1, 0.15) is 6.42 Å². The minimum Gasteiger partial charge on any atom is -1.00 e. The van der Waals surface area contributed by atoms with Gasteiger partial charge in [0.25, 0.3) is 0 Å². The van der Waals surface area contributed by atoms with E-state index in [1.807, 2.05) is 0 Å². The lowest BCUT2D eigenvalue weighted by atomic mass is 9.93. The summed E-state index contributed by atoms with van der Waals surface area (Å²) in [5.41, 5.74) is 2.89. The van der Waals surface area contributed by atoms with Gasteiger partial charge in [0.15, 0.2) is 5.60 Å². The highest BCUT2D eigenvalue weighted by atomic mass is 35.5. The van der Waals surface area contributed by atoms with Gasteiger partial charge in [0.2, 0.25) is 0 Å². The first-order valence-corrected chi connectivity index (χ1v) is 4.69. The van der Waals surface area contributed by atoms with Crippen LogP contribution < -0.4 is 18.1 Å². The summed E-state index contributed by atoms with van der Waals surface area (Å²) in [7, 11) is 0. The normalized spacial score (nSPS) is 53.8. The second-order valence-electron chi connectivity index (χ2n) is 4.12. The highest BCUT2D eigenvalue weighted by Gasteiger charge is 2.68. The second-order valence-corrected chi connectivity index (χ2v) is 4.12. The van der Waals surface area contributed by atoms with Crippen LogP contribution in [-0.4, -0.2) is 63.1 Å². The molecule has 0 unspecified atom stereocenters. The third-order valence-corrected chi connectivity index (χ3v) is 3.20. The van der Waals surface area contributed by atoms with E-state index in [1.54, 1.807) is 0 Å². The SMILES string of the molecule is [Cl-].[NH3+][C@H]1C[C@@]12O[C@H](CO)[C@@H](O)[C@H](O)[C@@H]2O. The maximum absolute atomic E-state index is 9.67. The Hall–Kier alpha value is 0.0500. The van der Waals surface area contributed by atoms with E-state index >= 15 is 0 Å². The quantitative estimate of drug-likeness (QED) is 0.313. The first-order chi connectivity index (χ1) is 6.53. The van der Waals surface area contributed by atoms with Crippen LogP contribution in [-0.2, 0) is 4.74 Å². The summed E-state index contributed by atoms with van der Waals surface area (Å²) in [6, 6.07) is -0.0892. The van der Waals surface area contributed by atoms with E-state index in [0.29, 0.717) is 6.42 Å². The van der Waals surface area contributed by atoms with E-state index < -0.39 is 30.0 Å². The molecule has 1 spiro atoms. The molecule has 0 aromatic carbocycles. The molecule has 1 saturated carbocycles. The summed E-state index contributed by atoms with van der Waals surface area (Å²) in [5, 5.41) is 37.5. The smallest absolute Gasteiger partial charge is 0.154 e. The number of aliphatic hydroxyl groups is 4. The lowest BCUT2D eigenvalue weighted by molar-refractivity contribution is -0.411. The summed E-state index contributed by atoms with van der Waals surface area (Å²) in [6.45, 7) is -0.376. The zero-order valence-corrected chi connectivity index (χ0v) is 8.84. The number of halogens is 1. The van der Waals surface area contributed by atoms with Gasteiger partial charge < -0.3 is 43.3 Å². The van der Waals surface area contributed by atoms with Crippen LogP contribution in [0, 0.1) is 0 Å². The van der Waals surface area contributed by atoms with Crippen molar-refractivity contribution < 1.29 is 43.3 Å². The largest absolute Gasteiger partial charge is 1.00 e. The zero-order chi connectivity index (χ0) is 10.5. The Kier molecular flexibility index (Phi) is 3.62.